The van der Waals surface area contributed by atoms with Gasteiger partial charge in [-0.25, -0.2) is 4.39 Å². The van der Waals surface area contributed by atoms with Gasteiger partial charge < -0.3 is 5.11 Å². The van der Waals surface area contributed by atoms with Crippen LogP contribution in [0.4, 0.5) is 23.2 Å². The number of hydrogen-bond acceptors (Lipinski definition) is 4. The Balaban J connectivity index is 2.84. The van der Waals surface area contributed by atoms with Crippen molar-refractivity contribution in [3.63, 3.8) is 0 Å². The maximum Gasteiger partial charge on any atom is 0.401 e. The molecule has 1 aromatic carbocycles. The Hall–Kier alpha value is -1.74. The first-order chi connectivity index (χ1) is 9.73. The summed E-state index contributed by atoms with van der Waals surface area (Å²) < 4.78 is 50.9. The fraction of sp³-hybridized carbons (Fsp3) is 0.500. The van der Waals surface area contributed by atoms with Crippen LogP contribution in [-0.4, -0.2) is 40.8 Å². The van der Waals surface area contributed by atoms with Gasteiger partial charge in [-0.05, 0) is 12.5 Å². The van der Waals surface area contributed by atoms with E-state index in [0.717, 1.165) is 17.0 Å². The first-order valence-corrected chi connectivity index (χ1v) is 6.05. The normalized spacial score (nSPS) is 11.9. The smallest absolute Gasteiger partial charge is 0.396 e. The topological polar surface area (TPSA) is 66.6 Å². The van der Waals surface area contributed by atoms with Gasteiger partial charge in [0.25, 0.3) is 5.69 Å². The molecule has 0 fully saturated rings. The summed E-state index contributed by atoms with van der Waals surface area (Å²) in [4.78, 5) is 10.6. The molecule has 1 N–H and O–H groups in total. The van der Waals surface area contributed by atoms with Crippen molar-refractivity contribution in [3.8, 4) is 0 Å². The van der Waals surface area contributed by atoms with E-state index < -0.39 is 29.1 Å². The quantitative estimate of drug-likeness (QED) is 0.477. The Morgan fingerprint density at radius 2 is 2.00 bits per heavy atom. The molecule has 5 nitrogen and oxygen atoms in total. The van der Waals surface area contributed by atoms with E-state index in [1.165, 1.54) is 0 Å². The lowest BCUT2D eigenvalue weighted by atomic mass is 10.1. The molecule has 0 spiro atoms. The Labute approximate surface area is 117 Å². The second-order valence-electron chi connectivity index (χ2n) is 4.44. The summed E-state index contributed by atoms with van der Waals surface area (Å²) in [6.45, 7) is -1.93. The molecule has 0 aromatic heterocycles. The van der Waals surface area contributed by atoms with Gasteiger partial charge in [0.15, 0.2) is 0 Å². The number of halogens is 4. The highest BCUT2D eigenvalue weighted by atomic mass is 19.4. The van der Waals surface area contributed by atoms with Gasteiger partial charge in [0.05, 0.1) is 17.5 Å². The predicted molar refractivity (Wildman–Crippen MR) is 66.1 cm³/mol. The average Bonchev–Trinajstić information content (AvgIpc) is 2.36. The minimum absolute atomic E-state index is 0.0631. The maximum atomic E-state index is 13.7. The van der Waals surface area contributed by atoms with Crippen LogP contribution in [0.2, 0.25) is 0 Å². The van der Waals surface area contributed by atoms with E-state index >= 15 is 0 Å². The highest BCUT2D eigenvalue weighted by Crippen LogP contribution is 2.21. The molecule has 0 heterocycles. The van der Waals surface area contributed by atoms with Gasteiger partial charge >= 0.3 is 6.18 Å². The van der Waals surface area contributed by atoms with Crippen molar-refractivity contribution in [2.75, 3.05) is 19.7 Å². The molecule has 1 rings (SSSR count). The summed E-state index contributed by atoms with van der Waals surface area (Å²) >= 11 is 0. The van der Waals surface area contributed by atoms with Crippen LogP contribution in [0, 0.1) is 15.9 Å². The van der Waals surface area contributed by atoms with E-state index in [1.807, 2.05) is 0 Å². The maximum absolute atomic E-state index is 13.7. The van der Waals surface area contributed by atoms with Crippen LogP contribution in [-0.2, 0) is 6.54 Å². The number of benzene rings is 1. The minimum Gasteiger partial charge on any atom is -0.396 e. The largest absolute Gasteiger partial charge is 0.401 e. The van der Waals surface area contributed by atoms with Gasteiger partial charge in [-0.2, -0.15) is 13.2 Å². The van der Waals surface area contributed by atoms with Crippen molar-refractivity contribution < 1.29 is 27.6 Å². The zero-order valence-corrected chi connectivity index (χ0v) is 10.9. The molecular weight excluding hydrogens is 296 g/mol. The van der Waals surface area contributed by atoms with Crippen LogP contribution in [0.25, 0.3) is 0 Å². The monoisotopic (exact) mass is 310 g/mol. The van der Waals surface area contributed by atoms with Crippen LogP contribution in [0.3, 0.4) is 0 Å². The molecule has 0 bridgehead atoms. The van der Waals surface area contributed by atoms with E-state index in [-0.39, 0.29) is 31.7 Å². The van der Waals surface area contributed by atoms with Crippen LogP contribution >= 0.6 is 0 Å². The average molecular weight is 310 g/mol. The molecule has 118 valence electrons. The zero-order chi connectivity index (χ0) is 16.0. The standard InChI is InChI=1S/C12H14F4N2O3/c13-11-6-10(18(20)21)3-2-9(11)7-17(4-1-5-19)8-12(14,15)16/h2-3,6,19H,1,4-5,7-8H2. The molecule has 21 heavy (non-hydrogen) atoms. The first-order valence-electron chi connectivity index (χ1n) is 6.05. The van der Waals surface area contributed by atoms with E-state index in [1.54, 1.807) is 0 Å². The summed E-state index contributed by atoms with van der Waals surface area (Å²) in [5, 5.41) is 19.1. The third-order valence-electron chi connectivity index (χ3n) is 2.68. The van der Waals surface area contributed by atoms with Crippen LogP contribution in [0.15, 0.2) is 18.2 Å². The minimum atomic E-state index is -4.45. The highest BCUT2D eigenvalue weighted by molar-refractivity contribution is 5.34. The van der Waals surface area contributed by atoms with Crippen LogP contribution < -0.4 is 0 Å². The second-order valence-corrected chi connectivity index (χ2v) is 4.44. The number of non-ortho nitro benzene ring substituents is 1. The van der Waals surface area contributed by atoms with Crippen molar-refractivity contribution in [1.82, 2.24) is 4.90 Å². The highest BCUT2D eigenvalue weighted by Gasteiger charge is 2.30. The number of aliphatic hydroxyl groups excluding tert-OH is 1. The number of rotatable bonds is 7. The van der Waals surface area contributed by atoms with Gasteiger partial charge in [-0.1, -0.05) is 0 Å². The molecular formula is C12H14F4N2O3. The summed E-state index contributed by atoms with van der Waals surface area (Å²) in [5.41, 5.74) is -0.531. The fourth-order valence-corrected chi connectivity index (χ4v) is 1.78. The molecule has 0 amide bonds. The van der Waals surface area contributed by atoms with Crippen LogP contribution in [0.5, 0.6) is 0 Å². The van der Waals surface area contributed by atoms with E-state index in [2.05, 4.69) is 0 Å². The van der Waals surface area contributed by atoms with Gasteiger partial charge in [-0.3, -0.25) is 15.0 Å². The van der Waals surface area contributed by atoms with Gasteiger partial charge in [-0.15, -0.1) is 0 Å². The van der Waals surface area contributed by atoms with Crippen molar-refractivity contribution in [2.24, 2.45) is 0 Å². The molecule has 0 aliphatic heterocycles. The van der Waals surface area contributed by atoms with Gasteiger partial charge in [0.2, 0.25) is 0 Å². The SMILES string of the molecule is O=[N+]([O-])c1ccc(CN(CCCO)CC(F)(F)F)c(F)c1. The number of hydrogen-bond donors (Lipinski definition) is 1. The van der Waals surface area contributed by atoms with E-state index in [4.69, 9.17) is 5.11 Å². The number of aliphatic hydroxyl groups is 1. The molecule has 0 saturated carbocycles. The van der Waals surface area contributed by atoms with Crippen molar-refractivity contribution >= 4 is 5.69 Å². The number of alkyl halides is 3. The lowest BCUT2D eigenvalue weighted by Gasteiger charge is -2.23. The summed E-state index contributed by atoms with van der Waals surface area (Å²) in [5.74, 6) is -0.930. The molecule has 0 aliphatic rings. The lowest BCUT2D eigenvalue weighted by molar-refractivity contribution is -0.385. The van der Waals surface area contributed by atoms with Gasteiger partial charge in [0, 0.05) is 31.3 Å². The molecule has 0 atom stereocenters. The summed E-state index contributed by atoms with van der Waals surface area (Å²) in [7, 11) is 0. The Morgan fingerprint density at radius 3 is 2.48 bits per heavy atom. The van der Waals surface area contributed by atoms with Crippen molar-refractivity contribution in [1.29, 1.82) is 0 Å². The summed E-state index contributed by atoms with van der Waals surface area (Å²) in [6, 6.07) is 2.80. The Bertz CT molecular complexity index is 494. The molecule has 0 aliphatic carbocycles. The first kappa shape index (κ1) is 17.3. The van der Waals surface area contributed by atoms with Crippen molar-refractivity contribution in [3.05, 3.63) is 39.7 Å². The number of nitrogens with zero attached hydrogens (tertiary/aromatic N) is 2. The zero-order valence-electron chi connectivity index (χ0n) is 10.9. The van der Waals surface area contributed by atoms with Crippen LogP contribution in [0.1, 0.15) is 12.0 Å². The fourth-order valence-electron chi connectivity index (χ4n) is 1.78. The van der Waals surface area contributed by atoms with E-state index in [0.29, 0.717) is 6.07 Å². The molecule has 0 saturated heterocycles. The molecule has 0 unspecified atom stereocenters. The van der Waals surface area contributed by atoms with E-state index in [9.17, 15) is 27.7 Å². The number of nitro groups is 1. The summed E-state index contributed by atoms with van der Waals surface area (Å²) in [6.07, 6.45) is -4.34. The Morgan fingerprint density at radius 1 is 1.33 bits per heavy atom. The Kier molecular flexibility index (Phi) is 6.03. The van der Waals surface area contributed by atoms with Gasteiger partial charge in [0.1, 0.15) is 5.82 Å². The molecule has 9 heteroatoms. The number of nitro benzene ring substituents is 1. The molecule has 1 aromatic rings. The third kappa shape index (κ3) is 6.05. The third-order valence-corrected chi connectivity index (χ3v) is 2.68. The predicted octanol–water partition coefficient (Wildman–Crippen LogP) is 2.48. The van der Waals surface area contributed by atoms with Crippen molar-refractivity contribution in [2.45, 2.75) is 19.1 Å². The molecule has 0 radical (unpaired) electrons. The lowest BCUT2D eigenvalue weighted by Crippen LogP contribution is -2.35. The second kappa shape index (κ2) is 7.32.